The summed E-state index contributed by atoms with van der Waals surface area (Å²) in [5.74, 6) is 0.0298. The molecule has 1 rings (SSSR count). The predicted molar refractivity (Wildman–Crippen MR) is 63.5 cm³/mol. The summed E-state index contributed by atoms with van der Waals surface area (Å²) in [7, 11) is 1.95. The van der Waals surface area contributed by atoms with Crippen LogP contribution >= 0.6 is 0 Å². The molecule has 1 aliphatic heterocycles. The molecule has 7 heteroatoms. The molecule has 17 heavy (non-hydrogen) atoms. The van der Waals surface area contributed by atoms with E-state index in [4.69, 9.17) is 0 Å². The maximum absolute atomic E-state index is 11.9. The number of nitrogens with zero attached hydrogens (tertiary/aromatic N) is 4. The lowest BCUT2D eigenvalue weighted by molar-refractivity contribution is -0.132. The number of carbonyl (C=O) groups is 1. The first-order valence-corrected chi connectivity index (χ1v) is 5.46. The second-order valence-corrected chi connectivity index (χ2v) is 4.66. The van der Waals surface area contributed by atoms with Crippen LogP contribution in [0, 0.1) is 15.2 Å². The molecule has 0 aromatic heterocycles. The molecule has 0 bridgehead atoms. The largest absolute Gasteiger partial charge is 0.305 e. The van der Waals surface area contributed by atoms with E-state index in [0.717, 1.165) is 6.54 Å². The van der Waals surface area contributed by atoms with Gasteiger partial charge in [-0.3, -0.25) is 4.79 Å². The number of rotatable bonds is 4. The molecule has 1 heterocycles. The Bertz CT molecular complexity index is 355. The van der Waals surface area contributed by atoms with E-state index in [1.807, 2.05) is 14.0 Å². The lowest BCUT2D eigenvalue weighted by Gasteiger charge is -2.37. The fourth-order valence-electron chi connectivity index (χ4n) is 2.12. The fourth-order valence-corrected chi connectivity index (χ4v) is 2.12. The normalized spacial score (nSPS) is 26.9. The van der Waals surface area contributed by atoms with Crippen molar-refractivity contribution in [2.75, 3.05) is 20.1 Å². The molecular weight excluding hydrogens is 224 g/mol. The first kappa shape index (κ1) is 13.6. The molecule has 0 radical (unpaired) electrons. The molecule has 0 aliphatic carbocycles. The molecule has 0 amide bonds. The van der Waals surface area contributed by atoms with Crippen molar-refractivity contribution in [2.45, 2.75) is 26.2 Å². The third-order valence-corrected chi connectivity index (χ3v) is 3.17. The van der Waals surface area contributed by atoms with E-state index in [2.05, 4.69) is 20.5 Å². The summed E-state index contributed by atoms with van der Waals surface area (Å²) in [5.41, 5.74) is -0.499. The third kappa shape index (κ3) is 3.48. The fraction of sp³-hybridized carbons (Fsp3) is 0.800. The zero-order chi connectivity index (χ0) is 12.9. The van der Waals surface area contributed by atoms with Gasteiger partial charge in [0.1, 0.15) is 5.78 Å². The summed E-state index contributed by atoms with van der Waals surface area (Å²) in [4.78, 5) is 34.2. The Morgan fingerprint density at radius 2 is 2.18 bits per heavy atom. The summed E-state index contributed by atoms with van der Waals surface area (Å²) in [6.45, 7) is 3.27. The SMILES string of the molecule is CN1CCC(=O)C(C)(CC/C(N=O)=N/N=O)C1. The molecule has 0 spiro atoms. The van der Waals surface area contributed by atoms with E-state index in [9.17, 15) is 14.6 Å². The minimum absolute atomic E-state index is 0.151. The molecule has 1 aliphatic rings. The van der Waals surface area contributed by atoms with Crippen LogP contribution in [0.15, 0.2) is 15.6 Å². The van der Waals surface area contributed by atoms with Gasteiger partial charge in [-0.2, -0.15) is 0 Å². The van der Waals surface area contributed by atoms with E-state index in [1.54, 1.807) is 0 Å². The van der Waals surface area contributed by atoms with Gasteiger partial charge in [0.15, 0.2) is 5.84 Å². The van der Waals surface area contributed by atoms with Gasteiger partial charge in [-0.25, -0.2) is 0 Å². The van der Waals surface area contributed by atoms with Crippen molar-refractivity contribution < 1.29 is 4.79 Å². The van der Waals surface area contributed by atoms with E-state index < -0.39 is 5.41 Å². The molecule has 7 nitrogen and oxygen atoms in total. The van der Waals surface area contributed by atoms with E-state index in [0.29, 0.717) is 19.4 Å². The van der Waals surface area contributed by atoms with Gasteiger partial charge in [-0.15, -0.1) is 9.81 Å². The minimum atomic E-state index is -0.499. The summed E-state index contributed by atoms with van der Waals surface area (Å²) in [6.07, 6.45) is 1.17. The molecule has 0 aromatic rings. The molecule has 0 N–H and O–H groups in total. The van der Waals surface area contributed by atoms with Crippen LogP contribution in [0.3, 0.4) is 0 Å². The number of ketones is 1. The van der Waals surface area contributed by atoms with Crippen LogP contribution < -0.4 is 0 Å². The molecule has 1 unspecified atom stereocenters. The van der Waals surface area contributed by atoms with Crippen molar-refractivity contribution in [3.8, 4) is 0 Å². The summed E-state index contributed by atoms with van der Waals surface area (Å²) < 4.78 is 0. The maximum atomic E-state index is 11.9. The Morgan fingerprint density at radius 1 is 1.47 bits per heavy atom. The Labute approximate surface area is 99.2 Å². The van der Waals surface area contributed by atoms with E-state index in [1.165, 1.54) is 0 Å². The van der Waals surface area contributed by atoms with Crippen LogP contribution in [-0.2, 0) is 4.79 Å². The number of carbonyl (C=O) groups excluding carboxylic acids is 1. The average molecular weight is 240 g/mol. The van der Waals surface area contributed by atoms with Gasteiger partial charge in [0.2, 0.25) is 0 Å². The number of amidine groups is 1. The lowest BCUT2D eigenvalue weighted by atomic mass is 9.77. The van der Waals surface area contributed by atoms with Crippen LogP contribution in [0.1, 0.15) is 26.2 Å². The number of hydrogen-bond donors (Lipinski definition) is 0. The highest BCUT2D eigenvalue weighted by atomic mass is 16.3. The molecular formula is C10H16N4O3. The van der Waals surface area contributed by atoms with Gasteiger partial charge in [0.05, 0.1) is 5.29 Å². The van der Waals surface area contributed by atoms with Gasteiger partial charge < -0.3 is 4.90 Å². The minimum Gasteiger partial charge on any atom is -0.305 e. The zero-order valence-electron chi connectivity index (χ0n) is 10.0. The van der Waals surface area contributed by atoms with Crippen molar-refractivity contribution in [2.24, 2.45) is 21.0 Å². The highest BCUT2D eigenvalue weighted by molar-refractivity contribution is 5.87. The molecule has 1 atom stereocenters. The van der Waals surface area contributed by atoms with Crippen molar-refractivity contribution >= 4 is 11.6 Å². The highest BCUT2D eigenvalue weighted by Crippen LogP contribution is 2.30. The topological polar surface area (TPSA) is 91.5 Å². The van der Waals surface area contributed by atoms with Crippen molar-refractivity contribution in [1.82, 2.24) is 4.90 Å². The van der Waals surface area contributed by atoms with Crippen molar-refractivity contribution in [3.05, 3.63) is 9.81 Å². The maximum Gasteiger partial charge on any atom is 0.198 e. The Hall–Kier alpha value is -1.50. The average Bonchev–Trinajstić information content (AvgIpc) is 2.30. The lowest BCUT2D eigenvalue weighted by Crippen LogP contribution is -2.46. The third-order valence-electron chi connectivity index (χ3n) is 3.17. The molecule has 1 saturated heterocycles. The first-order chi connectivity index (χ1) is 8.01. The Kier molecular flexibility index (Phi) is 4.56. The smallest absolute Gasteiger partial charge is 0.198 e. The number of likely N-dealkylation sites (tertiary alicyclic amines) is 1. The van der Waals surface area contributed by atoms with Crippen molar-refractivity contribution in [1.29, 1.82) is 0 Å². The number of nitroso groups, excluding NO2 is 2. The number of Topliss-reactive ketones (excluding diaryl/α,β-unsaturated/α-hetero) is 1. The Balaban J connectivity index is 2.65. The summed E-state index contributed by atoms with van der Waals surface area (Å²) in [6, 6.07) is 0. The van der Waals surface area contributed by atoms with Crippen LogP contribution in [0.5, 0.6) is 0 Å². The van der Waals surface area contributed by atoms with Crippen molar-refractivity contribution in [3.63, 3.8) is 0 Å². The van der Waals surface area contributed by atoms with E-state index >= 15 is 0 Å². The predicted octanol–water partition coefficient (Wildman–Crippen LogP) is 1.52. The van der Waals surface area contributed by atoms with Crippen LogP contribution in [-0.4, -0.2) is 36.7 Å². The van der Waals surface area contributed by atoms with Gasteiger partial charge in [0, 0.05) is 31.3 Å². The Morgan fingerprint density at radius 3 is 2.76 bits per heavy atom. The monoisotopic (exact) mass is 240 g/mol. The van der Waals surface area contributed by atoms with Gasteiger partial charge in [-0.05, 0) is 18.6 Å². The number of hydrogen-bond acceptors (Lipinski definition) is 5. The van der Waals surface area contributed by atoms with Crippen LogP contribution in [0.4, 0.5) is 0 Å². The van der Waals surface area contributed by atoms with Gasteiger partial charge >= 0.3 is 0 Å². The quantitative estimate of drug-likeness (QED) is 0.322. The standard InChI is InChI=1S/C10H16N4O3/c1-10(5-3-9(12-16)11-13-17)7-14(2)6-4-8(10)15/h3-7H2,1-2H3/b11-9-. The summed E-state index contributed by atoms with van der Waals surface area (Å²) >= 11 is 0. The van der Waals surface area contributed by atoms with Crippen LogP contribution in [0.25, 0.3) is 0 Å². The highest BCUT2D eigenvalue weighted by Gasteiger charge is 2.37. The molecule has 0 saturated carbocycles. The van der Waals surface area contributed by atoms with E-state index in [-0.39, 0.29) is 18.0 Å². The summed E-state index contributed by atoms with van der Waals surface area (Å²) in [5, 5.41) is 7.98. The zero-order valence-corrected chi connectivity index (χ0v) is 10.0. The molecule has 1 fully saturated rings. The second-order valence-electron chi connectivity index (χ2n) is 4.66. The molecule has 94 valence electrons. The number of piperidine rings is 1. The van der Waals surface area contributed by atoms with Crippen LogP contribution in [0.2, 0.25) is 0 Å². The molecule has 0 aromatic carbocycles. The van der Waals surface area contributed by atoms with Gasteiger partial charge in [-0.1, -0.05) is 12.0 Å². The second kappa shape index (κ2) is 5.72. The first-order valence-electron chi connectivity index (χ1n) is 5.46. The van der Waals surface area contributed by atoms with Gasteiger partial charge in [0.25, 0.3) is 0 Å².